The molecule has 1 aromatic rings. The Kier molecular flexibility index (Phi) is 4.17. The van der Waals surface area contributed by atoms with Crippen LogP contribution < -0.4 is 15.4 Å². The van der Waals surface area contributed by atoms with Crippen LogP contribution in [0.15, 0.2) is 18.2 Å². The van der Waals surface area contributed by atoms with E-state index < -0.39 is 15.9 Å². The molecule has 0 saturated carbocycles. The molecule has 0 unspecified atom stereocenters. The molecule has 1 fully saturated rings. The Bertz CT molecular complexity index is 613. The number of hydrogen-bond donors (Lipinski definition) is 2. The quantitative estimate of drug-likeness (QED) is 0.872. The summed E-state index contributed by atoms with van der Waals surface area (Å²) in [5, 5.41) is 3.08. The van der Waals surface area contributed by atoms with Crippen LogP contribution in [-0.4, -0.2) is 33.2 Å². The molecule has 1 saturated heterocycles. The number of nitrogens with zero attached hydrogens (tertiary/aromatic N) is 1. The number of carbonyl (C=O) groups excluding carboxylic acids is 1. The lowest BCUT2D eigenvalue weighted by molar-refractivity contribution is 0.100. The highest BCUT2D eigenvalue weighted by Crippen LogP contribution is 2.29. The summed E-state index contributed by atoms with van der Waals surface area (Å²) in [6.07, 6.45) is 1.44. The zero-order chi connectivity index (χ0) is 14.8. The van der Waals surface area contributed by atoms with Crippen molar-refractivity contribution < 1.29 is 13.2 Å². The molecule has 0 radical (unpaired) electrons. The lowest BCUT2D eigenvalue weighted by Gasteiger charge is -2.29. The summed E-state index contributed by atoms with van der Waals surface area (Å²) in [5.74, 6) is -0.513. The number of nitrogens with two attached hydrogens (primary N) is 1. The van der Waals surface area contributed by atoms with Gasteiger partial charge in [-0.15, -0.1) is 0 Å². The maximum atomic E-state index is 12.1. The van der Waals surface area contributed by atoms with E-state index in [2.05, 4.69) is 5.32 Å². The zero-order valence-electron chi connectivity index (χ0n) is 11.4. The van der Waals surface area contributed by atoms with Gasteiger partial charge in [0.05, 0.1) is 17.0 Å². The Morgan fingerprint density at radius 2 is 2.15 bits per heavy atom. The Morgan fingerprint density at radius 1 is 1.40 bits per heavy atom. The van der Waals surface area contributed by atoms with Crippen molar-refractivity contribution in [1.29, 1.82) is 0 Å². The molecular formula is C13H19N3O3S. The van der Waals surface area contributed by atoms with E-state index >= 15 is 0 Å². The van der Waals surface area contributed by atoms with Crippen molar-refractivity contribution in [1.82, 2.24) is 0 Å². The van der Waals surface area contributed by atoms with Crippen molar-refractivity contribution in [2.24, 2.45) is 5.73 Å². The molecule has 0 bridgehead atoms. The second-order valence-electron chi connectivity index (χ2n) is 4.72. The normalized spacial score (nSPS) is 17.8. The Hall–Kier alpha value is -1.76. The number of hydrogen-bond acceptors (Lipinski definition) is 4. The fourth-order valence-corrected chi connectivity index (χ4v) is 3.98. The summed E-state index contributed by atoms with van der Waals surface area (Å²) in [6.45, 7) is 3.04. The topological polar surface area (TPSA) is 92.5 Å². The molecule has 0 aliphatic carbocycles. The highest BCUT2D eigenvalue weighted by molar-refractivity contribution is 7.92. The largest absolute Gasteiger partial charge is 0.385 e. The smallest absolute Gasteiger partial charge is 0.250 e. The lowest BCUT2D eigenvalue weighted by Crippen LogP contribution is -2.39. The van der Waals surface area contributed by atoms with Crippen LogP contribution in [0.4, 0.5) is 11.4 Å². The van der Waals surface area contributed by atoms with Gasteiger partial charge in [0.1, 0.15) is 0 Å². The summed E-state index contributed by atoms with van der Waals surface area (Å²) in [7, 11) is -3.35. The van der Waals surface area contributed by atoms with Gasteiger partial charge in [0.2, 0.25) is 10.0 Å². The predicted molar refractivity (Wildman–Crippen MR) is 79.5 cm³/mol. The van der Waals surface area contributed by atoms with E-state index in [0.717, 1.165) is 12.1 Å². The van der Waals surface area contributed by atoms with Gasteiger partial charge in [-0.2, -0.15) is 0 Å². The second kappa shape index (κ2) is 5.70. The number of sulfonamides is 1. The van der Waals surface area contributed by atoms with Crippen LogP contribution in [-0.2, 0) is 10.0 Å². The van der Waals surface area contributed by atoms with Crippen LogP contribution in [0.25, 0.3) is 0 Å². The number of nitrogens with one attached hydrogen (secondary N) is 1. The molecule has 7 heteroatoms. The first-order chi connectivity index (χ1) is 9.45. The maximum Gasteiger partial charge on any atom is 0.250 e. The van der Waals surface area contributed by atoms with Crippen molar-refractivity contribution >= 4 is 27.3 Å². The molecule has 110 valence electrons. The van der Waals surface area contributed by atoms with Crippen LogP contribution >= 0.6 is 0 Å². The number of carbonyl (C=O) groups is 1. The van der Waals surface area contributed by atoms with Crippen LogP contribution in [0.2, 0.25) is 0 Å². The van der Waals surface area contributed by atoms with Crippen molar-refractivity contribution in [2.75, 3.05) is 28.5 Å². The summed E-state index contributed by atoms with van der Waals surface area (Å²) >= 11 is 0. The molecule has 0 aromatic heterocycles. The molecule has 0 atom stereocenters. The van der Waals surface area contributed by atoms with Crippen LogP contribution in [0.5, 0.6) is 0 Å². The zero-order valence-corrected chi connectivity index (χ0v) is 12.2. The number of benzene rings is 1. The average molecular weight is 297 g/mol. The number of rotatable bonds is 4. The molecular weight excluding hydrogens is 278 g/mol. The van der Waals surface area contributed by atoms with Crippen LogP contribution in [0.3, 0.4) is 0 Å². The van der Waals surface area contributed by atoms with E-state index in [1.54, 1.807) is 18.2 Å². The molecule has 6 nitrogen and oxygen atoms in total. The highest BCUT2D eigenvalue weighted by Gasteiger charge is 2.28. The summed E-state index contributed by atoms with van der Waals surface area (Å²) in [4.78, 5) is 11.6. The van der Waals surface area contributed by atoms with E-state index in [4.69, 9.17) is 5.73 Å². The van der Waals surface area contributed by atoms with Crippen molar-refractivity contribution in [2.45, 2.75) is 19.8 Å². The van der Waals surface area contributed by atoms with Gasteiger partial charge in [0.25, 0.3) is 5.91 Å². The monoisotopic (exact) mass is 297 g/mol. The van der Waals surface area contributed by atoms with Crippen molar-refractivity contribution in [3.63, 3.8) is 0 Å². The molecule has 3 N–H and O–H groups in total. The summed E-state index contributed by atoms with van der Waals surface area (Å²) in [5.41, 5.74) is 6.74. The highest BCUT2D eigenvalue weighted by atomic mass is 32.2. The molecule has 1 aliphatic heterocycles. The Balaban J connectivity index is 2.47. The number of amides is 1. The van der Waals surface area contributed by atoms with E-state index in [9.17, 15) is 13.2 Å². The molecule has 1 amide bonds. The summed E-state index contributed by atoms with van der Waals surface area (Å²) < 4.78 is 25.5. The minimum absolute atomic E-state index is 0.111. The van der Waals surface area contributed by atoms with Gasteiger partial charge < -0.3 is 11.1 Å². The molecule has 0 spiro atoms. The SMILES string of the molecule is CCNc1ccc(N2CCCCS2(=O)=O)c(C(N)=O)c1. The molecule has 20 heavy (non-hydrogen) atoms. The Labute approximate surface area is 119 Å². The van der Waals surface area contributed by atoms with Crippen LogP contribution in [0.1, 0.15) is 30.1 Å². The first-order valence-corrected chi connectivity index (χ1v) is 8.25. The van der Waals surface area contributed by atoms with Gasteiger partial charge >= 0.3 is 0 Å². The maximum absolute atomic E-state index is 12.1. The van der Waals surface area contributed by atoms with Crippen molar-refractivity contribution in [3.8, 4) is 0 Å². The molecule has 1 aromatic carbocycles. The number of primary amides is 1. The first-order valence-electron chi connectivity index (χ1n) is 6.64. The number of anilines is 2. The van der Waals surface area contributed by atoms with Gasteiger partial charge in [-0.1, -0.05) is 0 Å². The third-order valence-corrected chi connectivity index (χ3v) is 5.12. The van der Waals surface area contributed by atoms with Gasteiger partial charge in [0, 0.05) is 18.8 Å². The first kappa shape index (κ1) is 14.6. The fraction of sp³-hybridized carbons (Fsp3) is 0.462. The lowest BCUT2D eigenvalue weighted by atomic mass is 10.1. The summed E-state index contributed by atoms with van der Waals surface area (Å²) in [6, 6.07) is 5.00. The average Bonchev–Trinajstić information content (AvgIpc) is 2.39. The molecule has 1 aliphatic rings. The standard InChI is InChI=1S/C13H19N3O3S/c1-2-15-10-5-6-12(11(9-10)13(14)17)16-7-3-4-8-20(16,18)19/h5-6,9,15H,2-4,7-8H2,1H3,(H2,14,17). The van der Waals surface area contributed by atoms with E-state index in [0.29, 0.717) is 25.2 Å². The molecule has 2 rings (SSSR count). The fourth-order valence-electron chi connectivity index (χ4n) is 2.32. The van der Waals surface area contributed by atoms with Gasteiger partial charge in [0.15, 0.2) is 0 Å². The van der Waals surface area contributed by atoms with E-state index in [1.165, 1.54) is 4.31 Å². The van der Waals surface area contributed by atoms with E-state index in [1.807, 2.05) is 6.92 Å². The van der Waals surface area contributed by atoms with Gasteiger partial charge in [-0.25, -0.2) is 8.42 Å². The third kappa shape index (κ3) is 2.87. The minimum Gasteiger partial charge on any atom is -0.385 e. The van der Waals surface area contributed by atoms with Gasteiger partial charge in [-0.3, -0.25) is 9.10 Å². The third-order valence-electron chi connectivity index (χ3n) is 3.26. The Morgan fingerprint density at radius 3 is 2.75 bits per heavy atom. The second-order valence-corrected chi connectivity index (χ2v) is 6.73. The van der Waals surface area contributed by atoms with Gasteiger partial charge in [-0.05, 0) is 38.0 Å². The van der Waals surface area contributed by atoms with Crippen molar-refractivity contribution in [3.05, 3.63) is 23.8 Å². The van der Waals surface area contributed by atoms with E-state index in [-0.39, 0.29) is 11.3 Å². The molecule has 1 heterocycles. The predicted octanol–water partition coefficient (Wildman–Crippen LogP) is 1.15. The van der Waals surface area contributed by atoms with Crippen LogP contribution in [0, 0.1) is 0 Å². The minimum atomic E-state index is -3.35.